The van der Waals surface area contributed by atoms with Crippen molar-refractivity contribution in [2.75, 3.05) is 87.9 Å². The Hall–Kier alpha value is -10.5. The van der Waals surface area contributed by atoms with Crippen molar-refractivity contribution < 1.29 is 98.6 Å². The molecule has 25 heteroatoms. The van der Waals surface area contributed by atoms with Gasteiger partial charge in [-0.05, 0) is 215 Å². The van der Waals surface area contributed by atoms with Gasteiger partial charge in [-0.2, -0.15) is 26.3 Å². The number of halogens is 6. The van der Waals surface area contributed by atoms with E-state index in [-0.39, 0.29) is 60.7 Å². The van der Waals surface area contributed by atoms with Gasteiger partial charge in [0.15, 0.2) is 58.2 Å². The molecule has 0 bridgehead atoms. The summed E-state index contributed by atoms with van der Waals surface area (Å²) >= 11 is 0. The molecule has 8 fully saturated rings. The molecular weight excluding hydrogens is 1740 g/mol. The van der Waals surface area contributed by atoms with Gasteiger partial charge in [0.2, 0.25) is 0 Å². The van der Waals surface area contributed by atoms with Crippen molar-refractivity contribution in [3.8, 4) is 46.0 Å². The number of hydrogen-bond donors (Lipinski definition) is 3. The van der Waals surface area contributed by atoms with Gasteiger partial charge in [0.25, 0.3) is 0 Å². The van der Waals surface area contributed by atoms with Crippen molar-refractivity contribution in [1.82, 2.24) is 19.6 Å². The molecule has 136 heavy (non-hydrogen) atoms. The van der Waals surface area contributed by atoms with Crippen molar-refractivity contribution in [2.45, 2.75) is 242 Å². The first kappa shape index (κ1) is 101. The van der Waals surface area contributed by atoms with Crippen LogP contribution in [0.1, 0.15) is 222 Å². The van der Waals surface area contributed by atoms with Gasteiger partial charge in [-0.1, -0.05) is 191 Å². The second kappa shape index (κ2) is 45.4. The average Bonchev–Trinajstić information content (AvgIpc) is 1.61. The molecule has 4 aliphatic carbocycles. The molecule has 732 valence electrons. The summed E-state index contributed by atoms with van der Waals surface area (Å²) < 4.78 is 141. The standard InChI is InChI=1S/C31H37NO3.C28H35NO6.2C26H32F3NO3/c1-31(30(33)24-13-7-4-8-14-24)22-32(20-23-11-5-3-6-12-23)21-27(31)25-17-18-28(34-2)29(19-25)35-26-15-9-10-16-26;1-19(34-26(30)20-10-6-5-7-11-20)28(2)18-29(27(31)33-4)17-23(28)21-14-15-24(32-3)25(16-21)35-22-12-8-9-13-22;2*1-25(24(31)26(27,28)29)17-30(15-18-8-4-3-5-9-18)16-21(25)19-12-13-22(32-2)23(14-19)33-20-10-6-7-11-20/h3-8,11-14,17-19,26-27,30,33H,9-10,15-16,20-22H2,1-2H3;5-7,10-11,14-16,19,22-23H,8-9,12-13,17-18H2,1-4H3;2*3-5,8-9,12-14,20-21,24,31H,6-7,10-11,15-17H2,1-2H3/t27-,30-,31+;19-,23+,28+;21-,24+,25+;21-,24-,25+/m0100/s1. The molecule has 0 aromatic heterocycles. The Morgan fingerprint density at radius 3 is 0.934 bits per heavy atom. The van der Waals surface area contributed by atoms with Crippen LogP contribution in [0.15, 0.2) is 224 Å². The smallest absolute Gasteiger partial charge is 0.414 e. The lowest BCUT2D eigenvalue weighted by Crippen LogP contribution is -2.47. The molecule has 8 aliphatic rings. The van der Waals surface area contributed by atoms with Crippen molar-refractivity contribution in [2.24, 2.45) is 21.7 Å². The fourth-order valence-electron chi connectivity index (χ4n) is 22.2. The molecule has 0 radical (unpaired) electrons. The summed E-state index contributed by atoms with van der Waals surface area (Å²) in [6, 6.07) is 72.1. The number of likely N-dealkylation sites (tertiary alicyclic amines) is 4. The zero-order chi connectivity index (χ0) is 96.5. The normalized spacial score (nSPS) is 24.4. The van der Waals surface area contributed by atoms with Crippen LogP contribution in [0.25, 0.3) is 0 Å². The Labute approximate surface area is 798 Å². The highest BCUT2D eigenvalue weighted by molar-refractivity contribution is 5.89. The number of hydrogen-bond acceptors (Lipinski definition) is 18. The summed E-state index contributed by atoms with van der Waals surface area (Å²) in [5.41, 5.74) is 4.80. The van der Waals surface area contributed by atoms with Gasteiger partial charge >= 0.3 is 24.4 Å². The van der Waals surface area contributed by atoms with Crippen LogP contribution < -0.4 is 37.9 Å². The molecule has 0 unspecified atom stereocenters. The van der Waals surface area contributed by atoms with Crippen molar-refractivity contribution in [1.29, 1.82) is 0 Å². The van der Waals surface area contributed by atoms with Gasteiger partial charge < -0.3 is 67.6 Å². The largest absolute Gasteiger partial charge is 0.493 e. The van der Waals surface area contributed by atoms with Gasteiger partial charge in [-0.15, -0.1) is 0 Å². The molecular formula is C111H136F6N4O15. The molecule has 0 spiro atoms. The van der Waals surface area contributed by atoms with E-state index in [2.05, 4.69) is 61.2 Å². The van der Waals surface area contributed by atoms with Crippen LogP contribution >= 0.6 is 0 Å². The van der Waals surface area contributed by atoms with E-state index >= 15 is 0 Å². The summed E-state index contributed by atoms with van der Waals surface area (Å²) in [7, 11) is 7.85. The van der Waals surface area contributed by atoms with Crippen molar-refractivity contribution >= 4 is 12.1 Å². The number of rotatable bonds is 29. The number of aliphatic hydroxyl groups is 3. The minimum absolute atomic E-state index is 0.0967. The van der Waals surface area contributed by atoms with E-state index < -0.39 is 70.9 Å². The maximum absolute atomic E-state index is 13.7. The van der Waals surface area contributed by atoms with Crippen LogP contribution in [0.5, 0.6) is 46.0 Å². The third-order valence-electron chi connectivity index (χ3n) is 29.9. The molecule has 1 amide bonds. The van der Waals surface area contributed by atoms with Gasteiger partial charge in [-0.25, -0.2) is 9.59 Å². The molecule has 4 saturated carbocycles. The van der Waals surface area contributed by atoms with Crippen LogP contribution in [0, 0.1) is 21.7 Å². The van der Waals surface area contributed by atoms with E-state index in [9.17, 15) is 51.3 Å². The molecule has 3 N–H and O–H groups in total. The van der Waals surface area contributed by atoms with Crippen LogP contribution in [-0.2, 0) is 29.1 Å². The molecule has 9 aromatic rings. The molecule has 4 saturated heterocycles. The van der Waals surface area contributed by atoms with Crippen LogP contribution in [0.4, 0.5) is 31.1 Å². The lowest BCUT2D eigenvalue weighted by molar-refractivity contribution is -0.237. The van der Waals surface area contributed by atoms with Gasteiger partial charge in [-0.3, -0.25) is 14.7 Å². The highest BCUT2D eigenvalue weighted by Crippen LogP contribution is 2.56. The van der Waals surface area contributed by atoms with E-state index in [1.54, 1.807) is 83.6 Å². The quantitative estimate of drug-likeness (QED) is 0.0295. The third kappa shape index (κ3) is 24.4. The molecule has 17 rings (SSSR count). The van der Waals surface area contributed by atoms with Crippen LogP contribution in [0.3, 0.4) is 0 Å². The number of nitrogens with zero attached hydrogens (tertiary/aromatic N) is 4. The number of benzene rings is 9. The number of aliphatic hydroxyl groups excluding tert-OH is 3. The summed E-state index contributed by atoms with van der Waals surface area (Å²) in [6.45, 7) is 14.8. The summed E-state index contributed by atoms with van der Waals surface area (Å²) in [6.07, 6.45) is 2.33. The lowest BCUT2D eigenvalue weighted by atomic mass is 9.70. The second-order valence-electron chi connectivity index (χ2n) is 39.4. The highest BCUT2D eigenvalue weighted by atomic mass is 19.4. The molecule has 12 atom stereocenters. The number of alkyl halides is 6. The topological polar surface area (TPSA) is 200 Å². The third-order valence-corrected chi connectivity index (χ3v) is 29.9. The van der Waals surface area contributed by atoms with Crippen LogP contribution in [0.2, 0.25) is 0 Å². The fourth-order valence-corrected chi connectivity index (χ4v) is 22.2. The van der Waals surface area contributed by atoms with E-state index in [4.69, 9.17) is 47.4 Å². The summed E-state index contributed by atoms with van der Waals surface area (Å²) in [5.74, 6) is 3.91. The van der Waals surface area contributed by atoms with E-state index in [0.717, 1.165) is 142 Å². The number of ether oxygens (including phenoxy) is 10. The molecule has 19 nitrogen and oxygen atoms in total. The summed E-state index contributed by atoms with van der Waals surface area (Å²) in [5, 5.41) is 32.6. The number of esters is 1. The van der Waals surface area contributed by atoms with E-state index in [1.807, 2.05) is 162 Å². The second-order valence-corrected chi connectivity index (χ2v) is 39.4. The first-order valence-corrected chi connectivity index (χ1v) is 48.3. The first-order valence-electron chi connectivity index (χ1n) is 48.3. The molecule has 9 aromatic carbocycles. The Bertz CT molecular complexity index is 5150. The fraction of sp³-hybridized carbons (Fsp3) is 0.495. The van der Waals surface area contributed by atoms with Gasteiger partial charge in [0.05, 0.1) is 71.6 Å². The minimum atomic E-state index is -4.70. The summed E-state index contributed by atoms with van der Waals surface area (Å²) in [4.78, 5) is 33.5. The molecule has 4 aliphatic heterocycles. The number of carbonyl (C=O) groups is 2. The Morgan fingerprint density at radius 2 is 0.640 bits per heavy atom. The Kier molecular flexibility index (Phi) is 33.8. The van der Waals surface area contributed by atoms with Crippen molar-refractivity contribution in [3.63, 3.8) is 0 Å². The monoisotopic (exact) mass is 1880 g/mol. The SMILES string of the molecule is COC(=O)N1C[C@@H](c2ccc(OC)c(OC3CCCC3)c2)[C@](C)([C@@H](C)OC(=O)c2ccccc2)C1.COc1ccc([C@@H]2CN(Cc3ccccc3)C[C@@]2(C)[C@@H](O)C(F)(F)F)cc1OC1CCCC1.COc1ccc([C@@H]2CN(Cc3ccccc3)C[C@@]2(C)[C@@H](O)c2ccccc2)cc1OC1CCCC1.COc1ccc([C@@H]2CN(Cc3ccccc3)C[C@@]2(C)[C@H](O)C(F)(F)F)cc1OC1CCCC1. The number of methoxy groups -OCH3 is 5. The lowest BCUT2D eigenvalue weighted by Gasteiger charge is -2.37. The zero-order valence-electron chi connectivity index (χ0n) is 80.2. The Morgan fingerprint density at radius 1 is 0.360 bits per heavy atom. The van der Waals surface area contributed by atoms with Crippen LogP contribution in [-0.4, -0.2) is 190 Å². The maximum atomic E-state index is 13.7. The first-order chi connectivity index (χ1) is 65.3. The molecule has 4 heterocycles. The van der Waals surface area contributed by atoms with E-state index in [0.29, 0.717) is 79.3 Å². The Balaban J connectivity index is 0.000000145. The predicted octanol–water partition coefficient (Wildman–Crippen LogP) is 22.9. The predicted molar refractivity (Wildman–Crippen MR) is 513 cm³/mol. The zero-order valence-corrected chi connectivity index (χ0v) is 80.2. The minimum Gasteiger partial charge on any atom is -0.493 e. The number of amides is 1. The van der Waals surface area contributed by atoms with Crippen molar-refractivity contribution in [3.05, 3.63) is 275 Å². The highest BCUT2D eigenvalue weighted by Gasteiger charge is 2.60. The number of carbonyl (C=O) groups excluding carboxylic acids is 2. The van der Waals surface area contributed by atoms with Gasteiger partial charge in [0.1, 0.15) is 6.10 Å². The van der Waals surface area contributed by atoms with Gasteiger partial charge in [0, 0.05) is 117 Å². The maximum Gasteiger partial charge on any atom is 0.414 e. The average molecular weight is 1880 g/mol. The van der Waals surface area contributed by atoms with E-state index in [1.165, 1.54) is 43.9 Å².